The maximum absolute atomic E-state index is 11.7. The van der Waals surface area contributed by atoms with Gasteiger partial charge in [-0.2, -0.15) is 13.2 Å². The number of carbonyl (C=O) groups excluding carboxylic acids is 1. The highest BCUT2D eigenvalue weighted by Gasteiger charge is 2.43. The van der Waals surface area contributed by atoms with Crippen LogP contribution in [-0.2, 0) is 5.88 Å². The fraction of sp³-hybridized carbons (Fsp3) is 0.400. The van der Waals surface area contributed by atoms with Gasteiger partial charge in [-0.25, -0.2) is 0 Å². The van der Waals surface area contributed by atoms with E-state index < -0.39 is 17.9 Å². The lowest BCUT2D eigenvalue weighted by Gasteiger charge is -1.98. The van der Waals surface area contributed by atoms with E-state index in [-0.39, 0.29) is 11.8 Å². The van der Waals surface area contributed by atoms with E-state index in [2.05, 4.69) is 14.6 Å². The number of aromatic nitrogens is 2. The molecule has 0 saturated carbocycles. The Morgan fingerprint density at radius 1 is 1.46 bits per heavy atom. The average molecular weight is 215 g/mol. The van der Waals surface area contributed by atoms with Crippen molar-refractivity contribution in [1.82, 2.24) is 10.2 Å². The number of carbonyl (C=O) groups is 1. The molecule has 0 aliphatic carbocycles. The molecule has 1 rings (SSSR count). The molecule has 0 saturated heterocycles. The lowest BCUT2D eigenvalue weighted by atomic mass is 10.4. The molecule has 0 N–H and O–H groups in total. The Morgan fingerprint density at radius 2 is 2.08 bits per heavy atom. The molecule has 1 heterocycles. The third-order valence-corrected chi connectivity index (χ3v) is 1.26. The zero-order chi connectivity index (χ0) is 10.1. The number of hydrogen-bond donors (Lipinski definition) is 0. The van der Waals surface area contributed by atoms with E-state index in [1.54, 1.807) is 0 Å². The molecule has 72 valence electrons. The van der Waals surface area contributed by atoms with E-state index >= 15 is 0 Å². The first-order chi connectivity index (χ1) is 5.95. The van der Waals surface area contributed by atoms with Gasteiger partial charge in [0.1, 0.15) is 5.88 Å². The first kappa shape index (κ1) is 9.97. The van der Waals surface area contributed by atoms with Crippen LogP contribution in [0.1, 0.15) is 16.6 Å². The summed E-state index contributed by atoms with van der Waals surface area (Å²) in [6.45, 7) is 0. The van der Waals surface area contributed by atoms with E-state index in [9.17, 15) is 18.0 Å². The molecule has 0 fully saturated rings. The van der Waals surface area contributed by atoms with Gasteiger partial charge in [0.05, 0.1) is 0 Å². The first-order valence-corrected chi connectivity index (χ1v) is 3.48. The van der Waals surface area contributed by atoms with Crippen LogP contribution in [0.3, 0.4) is 0 Å². The van der Waals surface area contributed by atoms with Crippen molar-refractivity contribution in [3.8, 4) is 0 Å². The summed E-state index contributed by atoms with van der Waals surface area (Å²) >= 11 is 5.17. The predicted molar refractivity (Wildman–Crippen MR) is 34.2 cm³/mol. The summed E-state index contributed by atoms with van der Waals surface area (Å²) in [6, 6.07) is 0. The highest BCUT2D eigenvalue weighted by Crippen LogP contribution is 2.20. The Balaban J connectivity index is 2.90. The van der Waals surface area contributed by atoms with Gasteiger partial charge in [-0.3, -0.25) is 4.79 Å². The Kier molecular flexibility index (Phi) is 2.55. The Hall–Kier alpha value is -1.11. The number of alkyl halides is 4. The molecule has 0 spiro atoms. The van der Waals surface area contributed by atoms with E-state index in [0.29, 0.717) is 0 Å². The van der Waals surface area contributed by atoms with Gasteiger partial charge in [0.2, 0.25) is 5.89 Å². The van der Waals surface area contributed by atoms with Gasteiger partial charge in [-0.15, -0.1) is 21.8 Å². The van der Waals surface area contributed by atoms with Crippen LogP contribution in [0.4, 0.5) is 13.2 Å². The highest BCUT2D eigenvalue weighted by molar-refractivity contribution is 6.16. The van der Waals surface area contributed by atoms with Crippen molar-refractivity contribution in [2.24, 2.45) is 0 Å². The molecule has 0 unspecified atom stereocenters. The van der Waals surface area contributed by atoms with Gasteiger partial charge < -0.3 is 4.42 Å². The van der Waals surface area contributed by atoms with Crippen molar-refractivity contribution < 1.29 is 22.4 Å². The summed E-state index contributed by atoms with van der Waals surface area (Å²) in [5.41, 5.74) is 0. The van der Waals surface area contributed by atoms with Crippen LogP contribution in [0.5, 0.6) is 0 Å². The molecule has 0 aliphatic heterocycles. The normalized spacial score (nSPS) is 11.7. The first-order valence-electron chi connectivity index (χ1n) is 2.95. The van der Waals surface area contributed by atoms with E-state index in [4.69, 9.17) is 11.6 Å². The van der Waals surface area contributed by atoms with Crippen LogP contribution in [0.2, 0.25) is 0 Å². The zero-order valence-corrected chi connectivity index (χ0v) is 6.69. The van der Waals surface area contributed by atoms with E-state index in [1.165, 1.54) is 0 Å². The van der Waals surface area contributed by atoms with E-state index in [1.807, 2.05) is 0 Å². The molecule has 0 aromatic carbocycles. The fourth-order valence-electron chi connectivity index (χ4n) is 0.521. The van der Waals surface area contributed by atoms with Crippen LogP contribution in [-0.4, -0.2) is 22.2 Å². The van der Waals surface area contributed by atoms with Gasteiger partial charge >= 0.3 is 12.0 Å². The summed E-state index contributed by atoms with van der Waals surface area (Å²) < 4.78 is 39.5. The summed E-state index contributed by atoms with van der Waals surface area (Å²) in [7, 11) is 0. The Labute approximate surface area is 74.7 Å². The van der Waals surface area contributed by atoms with Crippen LogP contribution in [0, 0.1) is 0 Å². The molecular formula is C5H2ClF3N2O2. The molecule has 0 atom stereocenters. The van der Waals surface area contributed by atoms with Gasteiger partial charge in [0.25, 0.3) is 5.89 Å². The van der Waals surface area contributed by atoms with Crippen LogP contribution in [0.25, 0.3) is 0 Å². The van der Waals surface area contributed by atoms with E-state index in [0.717, 1.165) is 0 Å². The molecule has 0 amide bonds. The molecule has 0 aliphatic rings. The van der Waals surface area contributed by atoms with Crippen molar-refractivity contribution in [3.05, 3.63) is 11.8 Å². The molecule has 0 radical (unpaired) electrons. The fourth-order valence-corrected chi connectivity index (χ4v) is 0.629. The minimum atomic E-state index is -5.00. The van der Waals surface area contributed by atoms with Gasteiger partial charge in [0.15, 0.2) is 0 Å². The topological polar surface area (TPSA) is 56.0 Å². The zero-order valence-electron chi connectivity index (χ0n) is 5.93. The number of hydrogen-bond acceptors (Lipinski definition) is 4. The second-order valence-electron chi connectivity index (χ2n) is 1.96. The number of nitrogens with zero attached hydrogens (tertiary/aromatic N) is 2. The van der Waals surface area contributed by atoms with Crippen molar-refractivity contribution in [3.63, 3.8) is 0 Å². The van der Waals surface area contributed by atoms with Crippen LogP contribution in [0.15, 0.2) is 4.42 Å². The van der Waals surface area contributed by atoms with Crippen molar-refractivity contribution in [2.45, 2.75) is 12.1 Å². The maximum Gasteiger partial charge on any atom is 0.460 e. The molecule has 1 aromatic heterocycles. The average Bonchev–Trinajstić information content (AvgIpc) is 2.48. The third-order valence-electron chi connectivity index (χ3n) is 1.03. The monoisotopic (exact) mass is 214 g/mol. The SMILES string of the molecule is O=C(c1nnc(CCl)o1)C(F)(F)F. The van der Waals surface area contributed by atoms with Crippen molar-refractivity contribution in [1.29, 1.82) is 0 Å². The smallest absolute Gasteiger partial charge is 0.417 e. The Morgan fingerprint density at radius 3 is 2.46 bits per heavy atom. The molecule has 1 aromatic rings. The summed E-state index contributed by atoms with van der Waals surface area (Å²) in [5, 5.41) is 5.98. The van der Waals surface area contributed by atoms with Crippen molar-refractivity contribution >= 4 is 17.4 Å². The lowest BCUT2D eigenvalue weighted by Crippen LogP contribution is -2.23. The number of Topliss-reactive ketones (excluding diaryl/α,β-unsaturated/α-hetero) is 1. The molecular weight excluding hydrogens is 213 g/mol. The quantitative estimate of drug-likeness (QED) is 0.554. The number of rotatable bonds is 2. The maximum atomic E-state index is 11.7. The molecule has 4 nitrogen and oxygen atoms in total. The lowest BCUT2D eigenvalue weighted by molar-refractivity contribution is -0.0903. The predicted octanol–water partition coefficient (Wildman–Crippen LogP) is 1.55. The molecule has 8 heteroatoms. The van der Waals surface area contributed by atoms with Gasteiger partial charge in [-0.05, 0) is 0 Å². The highest BCUT2D eigenvalue weighted by atomic mass is 35.5. The second-order valence-corrected chi connectivity index (χ2v) is 2.23. The van der Waals surface area contributed by atoms with Crippen LogP contribution >= 0.6 is 11.6 Å². The van der Waals surface area contributed by atoms with Gasteiger partial charge in [-0.1, -0.05) is 0 Å². The minimum Gasteiger partial charge on any atom is -0.417 e. The van der Waals surface area contributed by atoms with Crippen molar-refractivity contribution in [2.75, 3.05) is 0 Å². The Bertz CT molecular complexity index is 322. The minimum absolute atomic E-state index is 0.228. The molecule has 0 bridgehead atoms. The number of ketones is 1. The molecule has 13 heavy (non-hydrogen) atoms. The summed E-state index contributed by atoms with van der Waals surface area (Å²) in [5.74, 6) is -3.73. The third kappa shape index (κ3) is 2.18. The van der Waals surface area contributed by atoms with Crippen LogP contribution < -0.4 is 0 Å². The standard InChI is InChI=1S/C5H2ClF3N2O2/c6-1-2-10-11-4(13-2)3(12)5(7,8)9/h1H2. The van der Waals surface area contributed by atoms with Gasteiger partial charge in [0, 0.05) is 0 Å². The summed E-state index contributed by atoms with van der Waals surface area (Å²) in [4.78, 5) is 10.4. The number of halogens is 4. The summed E-state index contributed by atoms with van der Waals surface area (Å²) in [6.07, 6.45) is -5.00. The second kappa shape index (κ2) is 3.33. The largest absolute Gasteiger partial charge is 0.460 e.